The van der Waals surface area contributed by atoms with Crippen LogP contribution < -0.4 is 0 Å². The van der Waals surface area contributed by atoms with Gasteiger partial charge in [-0.05, 0) is 0 Å². The Labute approximate surface area is 110 Å². The standard InChI is InChI=1S/C10H15.C5H5.Fe/c1-8-6-5-7-9(8)10(2,3)4;1-2-4-5-3-1;/h5-7H,1-4H3;1-5H;/q-1;-5;. The molecule has 0 fully saturated rings. The summed E-state index contributed by atoms with van der Waals surface area (Å²) in [7, 11) is 0. The molecule has 0 N–H and O–H groups in total. The van der Waals surface area contributed by atoms with Gasteiger partial charge in [0, 0.05) is 17.1 Å². The largest absolute Gasteiger partial charge is 0.748 e. The Kier molecular flexibility index (Phi) is 6.40. The van der Waals surface area contributed by atoms with Gasteiger partial charge in [0.05, 0.1) is 0 Å². The summed E-state index contributed by atoms with van der Waals surface area (Å²) < 4.78 is 0. The number of aryl methyl sites for hydroxylation is 1. The number of hydrogen-bond acceptors (Lipinski definition) is 0. The van der Waals surface area contributed by atoms with Crippen LogP contribution in [0.25, 0.3) is 0 Å². The molecule has 94 valence electrons. The smallest absolute Gasteiger partial charge is 0 e. The molecule has 0 heterocycles. The summed E-state index contributed by atoms with van der Waals surface area (Å²) >= 11 is 0. The van der Waals surface area contributed by atoms with E-state index in [1.165, 1.54) is 11.1 Å². The molecule has 0 amide bonds. The van der Waals surface area contributed by atoms with Crippen molar-refractivity contribution in [3.63, 3.8) is 0 Å². The van der Waals surface area contributed by atoms with Crippen molar-refractivity contribution < 1.29 is 17.1 Å². The second-order valence-corrected chi connectivity index (χ2v) is 4.83. The zero-order valence-corrected chi connectivity index (χ0v) is 11.6. The normalized spacial score (nSPS) is 10.0. The number of hydrogen-bond donors (Lipinski definition) is 0. The summed E-state index contributed by atoms with van der Waals surface area (Å²) in [5.74, 6) is 0. The van der Waals surface area contributed by atoms with Crippen LogP contribution in [0.1, 0.15) is 31.9 Å². The molecule has 0 bridgehead atoms. The zero-order chi connectivity index (χ0) is 11.3. The molecule has 0 aliphatic carbocycles. The summed E-state index contributed by atoms with van der Waals surface area (Å²) in [6.07, 6.45) is 0. The van der Waals surface area contributed by atoms with Crippen molar-refractivity contribution in [3.05, 3.63) is 59.7 Å². The van der Waals surface area contributed by atoms with E-state index in [9.17, 15) is 0 Å². The predicted molar refractivity (Wildman–Crippen MR) is 67.5 cm³/mol. The molecule has 0 aromatic heterocycles. The van der Waals surface area contributed by atoms with Crippen LogP contribution in [0.3, 0.4) is 0 Å². The van der Waals surface area contributed by atoms with Gasteiger partial charge in [0.1, 0.15) is 0 Å². The predicted octanol–water partition coefficient (Wildman–Crippen LogP) is 4.41. The first-order valence-electron chi connectivity index (χ1n) is 5.41. The third-order valence-electron chi connectivity index (χ3n) is 2.40. The third-order valence-corrected chi connectivity index (χ3v) is 2.40. The van der Waals surface area contributed by atoms with E-state index in [0.29, 0.717) is 5.41 Å². The maximum Gasteiger partial charge on any atom is 0 e. The molecule has 0 saturated heterocycles. The molecule has 0 atom stereocenters. The molecule has 2 aromatic carbocycles. The molecule has 16 heavy (non-hydrogen) atoms. The van der Waals surface area contributed by atoms with E-state index in [-0.39, 0.29) is 17.1 Å². The Morgan fingerprint density at radius 1 is 1.00 bits per heavy atom. The van der Waals surface area contributed by atoms with Gasteiger partial charge >= 0.3 is 0 Å². The van der Waals surface area contributed by atoms with E-state index in [1.54, 1.807) is 0 Å². The summed E-state index contributed by atoms with van der Waals surface area (Å²) in [5.41, 5.74) is 3.19. The van der Waals surface area contributed by atoms with E-state index < -0.39 is 0 Å². The molecule has 0 aliphatic heterocycles. The average Bonchev–Trinajstić information content (AvgIpc) is 2.72. The molecule has 2 aromatic rings. The van der Waals surface area contributed by atoms with Gasteiger partial charge in [0.25, 0.3) is 0 Å². The van der Waals surface area contributed by atoms with Crippen LogP contribution >= 0.6 is 0 Å². The van der Waals surface area contributed by atoms with Crippen LogP contribution in [0.4, 0.5) is 0 Å². The van der Waals surface area contributed by atoms with Crippen LogP contribution in [0.15, 0.2) is 48.5 Å². The monoisotopic (exact) mass is 256 g/mol. The molecule has 0 radical (unpaired) electrons. The van der Waals surface area contributed by atoms with Gasteiger partial charge in [-0.15, -0.1) is 5.56 Å². The Bertz CT molecular complexity index is 343. The van der Waals surface area contributed by atoms with Crippen molar-refractivity contribution in [3.8, 4) is 0 Å². The van der Waals surface area contributed by atoms with Gasteiger partial charge in [0.2, 0.25) is 0 Å². The summed E-state index contributed by atoms with van der Waals surface area (Å²) in [6, 6.07) is 16.5. The van der Waals surface area contributed by atoms with Crippen molar-refractivity contribution >= 4 is 0 Å². The average molecular weight is 256 g/mol. The first-order chi connectivity index (χ1) is 7.02. The van der Waals surface area contributed by atoms with Gasteiger partial charge in [-0.25, -0.2) is 12.1 Å². The van der Waals surface area contributed by atoms with Gasteiger partial charge < -0.3 is 30.3 Å². The van der Waals surface area contributed by atoms with Crippen LogP contribution in [0.5, 0.6) is 0 Å². The molecular weight excluding hydrogens is 236 g/mol. The molecule has 0 saturated carbocycles. The maximum absolute atomic E-state index is 2.25. The molecule has 1 heteroatoms. The fraction of sp³-hybridized carbons (Fsp3) is 0.333. The van der Waals surface area contributed by atoms with Crippen molar-refractivity contribution in [1.29, 1.82) is 0 Å². The Morgan fingerprint density at radius 3 is 1.62 bits per heavy atom. The molecular formula is C15H20Fe-6. The second-order valence-electron chi connectivity index (χ2n) is 4.83. The third kappa shape index (κ3) is 4.83. The summed E-state index contributed by atoms with van der Waals surface area (Å²) in [5, 5.41) is 0. The van der Waals surface area contributed by atoms with Crippen molar-refractivity contribution in [1.82, 2.24) is 0 Å². The van der Waals surface area contributed by atoms with Crippen LogP contribution in [-0.2, 0) is 22.5 Å². The molecule has 0 spiro atoms. The minimum absolute atomic E-state index is 0. The SMILES string of the molecule is Cc1ccc[c-]1C(C)(C)C.[Fe].[cH-]1[cH-][cH-][cH-][cH-]1. The van der Waals surface area contributed by atoms with Crippen LogP contribution in [0.2, 0.25) is 0 Å². The molecule has 2 rings (SSSR count). The quantitative estimate of drug-likeness (QED) is 0.483. The Morgan fingerprint density at radius 2 is 1.44 bits per heavy atom. The van der Waals surface area contributed by atoms with Gasteiger partial charge in [-0.2, -0.15) is 11.6 Å². The first-order valence-corrected chi connectivity index (χ1v) is 5.41. The Balaban J connectivity index is 0.000000318. The molecule has 0 unspecified atom stereocenters. The minimum atomic E-state index is 0. The zero-order valence-electron chi connectivity index (χ0n) is 10.5. The molecule has 0 aliphatic rings. The summed E-state index contributed by atoms with van der Waals surface area (Å²) in [6.45, 7) is 8.90. The summed E-state index contributed by atoms with van der Waals surface area (Å²) in [4.78, 5) is 0. The fourth-order valence-corrected chi connectivity index (χ4v) is 1.67. The van der Waals surface area contributed by atoms with Crippen molar-refractivity contribution in [2.45, 2.75) is 33.1 Å². The van der Waals surface area contributed by atoms with E-state index in [0.717, 1.165) is 0 Å². The van der Waals surface area contributed by atoms with Gasteiger partial charge in [0.15, 0.2) is 0 Å². The van der Waals surface area contributed by atoms with Crippen LogP contribution in [0, 0.1) is 6.92 Å². The van der Waals surface area contributed by atoms with E-state index >= 15 is 0 Å². The number of rotatable bonds is 0. The fourth-order valence-electron chi connectivity index (χ4n) is 1.67. The van der Waals surface area contributed by atoms with Crippen LogP contribution in [-0.4, -0.2) is 0 Å². The second kappa shape index (κ2) is 6.73. The Hall–Kier alpha value is -0.781. The van der Waals surface area contributed by atoms with E-state index in [2.05, 4.69) is 45.9 Å². The van der Waals surface area contributed by atoms with E-state index in [1.807, 2.05) is 30.3 Å². The van der Waals surface area contributed by atoms with Gasteiger partial charge in [-0.3, -0.25) is 0 Å². The van der Waals surface area contributed by atoms with E-state index in [4.69, 9.17) is 0 Å². The topological polar surface area (TPSA) is 0 Å². The minimum Gasteiger partial charge on any atom is -0.748 e. The van der Waals surface area contributed by atoms with Crippen molar-refractivity contribution in [2.75, 3.05) is 0 Å². The van der Waals surface area contributed by atoms with Gasteiger partial charge in [-0.1, -0.05) is 33.1 Å². The first kappa shape index (κ1) is 15.2. The van der Waals surface area contributed by atoms with Crippen molar-refractivity contribution in [2.24, 2.45) is 0 Å². The molecule has 0 nitrogen and oxygen atoms in total. The maximum atomic E-state index is 2.25.